The minimum atomic E-state index is -5.08. The molecule has 3 fully saturated rings. The molecule has 0 aromatic carbocycles. The van der Waals surface area contributed by atoms with Gasteiger partial charge in [0.25, 0.3) is 0 Å². The topological polar surface area (TPSA) is 77.8 Å². The SMILES string of the molecule is C1CN2CCC1CC2.O=C(O)C(F)(F)F.O=C(O)C(F)(F)F. The van der Waals surface area contributed by atoms with Gasteiger partial charge in [0.2, 0.25) is 0 Å². The summed E-state index contributed by atoms with van der Waals surface area (Å²) >= 11 is 0. The molecule has 0 aromatic heterocycles. The van der Waals surface area contributed by atoms with Crippen molar-refractivity contribution in [3.8, 4) is 0 Å². The molecule has 0 aliphatic carbocycles. The monoisotopic (exact) mass is 339 g/mol. The first-order valence-corrected chi connectivity index (χ1v) is 6.16. The molecule has 0 radical (unpaired) electrons. The Morgan fingerprint density at radius 3 is 1.05 bits per heavy atom. The Balaban J connectivity index is 0.000000303. The smallest absolute Gasteiger partial charge is 0.475 e. The Kier molecular flexibility index (Phi) is 7.64. The van der Waals surface area contributed by atoms with Crippen LogP contribution in [0.4, 0.5) is 26.3 Å². The minimum Gasteiger partial charge on any atom is -0.475 e. The van der Waals surface area contributed by atoms with Gasteiger partial charge in [-0.25, -0.2) is 9.59 Å². The van der Waals surface area contributed by atoms with Crippen molar-refractivity contribution in [1.29, 1.82) is 0 Å². The molecule has 0 saturated carbocycles. The summed E-state index contributed by atoms with van der Waals surface area (Å²) in [4.78, 5) is 20.4. The number of fused-ring (bicyclic) bond motifs is 3. The highest BCUT2D eigenvalue weighted by Gasteiger charge is 2.38. The van der Waals surface area contributed by atoms with Crippen molar-refractivity contribution in [2.24, 2.45) is 5.92 Å². The van der Waals surface area contributed by atoms with E-state index in [1.807, 2.05) is 0 Å². The van der Waals surface area contributed by atoms with Gasteiger partial charge in [-0.2, -0.15) is 26.3 Å². The molecule has 5 nitrogen and oxygen atoms in total. The number of halogens is 6. The summed E-state index contributed by atoms with van der Waals surface area (Å²) < 4.78 is 63.5. The average Bonchev–Trinajstić information content (AvgIpc) is 2.40. The van der Waals surface area contributed by atoms with Gasteiger partial charge < -0.3 is 15.1 Å². The fourth-order valence-corrected chi connectivity index (χ4v) is 1.86. The normalized spacial score (nSPS) is 23.5. The highest BCUT2D eigenvalue weighted by Crippen LogP contribution is 2.26. The number of carbonyl (C=O) groups is 2. The molecule has 2 N–H and O–H groups in total. The number of nitrogens with zero attached hydrogens (tertiary/aromatic N) is 1. The number of rotatable bonds is 0. The van der Waals surface area contributed by atoms with Gasteiger partial charge in [-0.05, 0) is 44.8 Å². The maximum atomic E-state index is 10.6. The number of carboxylic acid groups (broad SMARTS) is 2. The molecule has 0 atom stereocenters. The van der Waals surface area contributed by atoms with E-state index in [2.05, 4.69) is 4.90 Å². The van der Waals surface area contributed by atoms with Gasteiger partial charge in [0, 0.05) is 0 Å². The summed E-state index contributed by atoms with van der Waals surface area (Å²) in [7, 11) is 0. The second kappa shape index (κ2) is 8.20. The number of piperidine rings is 3. The lowest BCUT2D eigenvalue weighted by atomic mass is 9.89. The fourth-order valence-electron chi connectivity index (χ4n) is 1.86. The molecule has 22 heavy (non-hydrogen) atoms. The molecule has 3 heterocycles. The lowest BCUT2D eigenvalue weighted by Crippen LogP contribution is -2.41. The van der Waals surface area contributed by atoms with Gasteiger partial charge in [0.05, 0.1) is 0 Å². The predicted octanol–water partition coefficient (Wildman–Crippen LogP) is 2.37. The predicted molar refractivity (Wildman–Crippen MR) is 61.2 cm³/mol. The standard InChI is InChI=1S/C7H13N.2C2HF3O2/c1-4-8-5-2-7(1)3-6-8;2*3-2(4,5)1(6)7/h7H,1-6H2;2*(H,6,7). The van der Waals surface area contributed by atoms with Crippen molar-refractivity contribution in [2.45, 2.75) is 31.6 Å². The number of carboxylic acids is 2. The number of aliphatic carboxylic acids is 2. The molecule has 0 spiro atoms. The van der Waals surface area contributed by atoms with Crippen molar-refractivity contribution in [1.82, 2.24) is 4.90 Å². The molecule has 11 heteroatoms. The van der Waals surface area contributed by atoms with Crippen LogP contribution in [0.5, 0.6) is 0 Å². The Labute approximate surface area is 121 Å². The van der Waals surface area contributed by atoms with Gasteiger partial charge in [0.15, 0.2) is 0 Å². The minimum absolute atomic E-state index is 1.11. The van der Waals surface area contributed by atoms with E-state index in [-0.39, 0.29) is 0 Å². The second-order valence-corrected chi connectivity index (χ2v) is 4.68. The van der Waals surface area contributed by atoms with E-state index in [1.165, 1.54) is 38.9 Å². The summed E-state index contributed by atoms with van der Waals surface area (Å²) in [6, 6.07) is 0. The lowest BCUT2D eigenvalue weighted by molar-refractivity contribution is -0.193. The Bertz CT molecular complexity index is 327. The summed E-state index contributed by atoms with van der Waals surface area (Å²) in [5.41, 5.74) is 0. The molecule has 130 valence electrons. The number of hydrogen-bond donors (Lipinski definition) is 2. The highest BCUT2D eigenvalue weighted by molar-refractivity contribution is 5.73. The van der Waals surface area contributed by atoms with E-state index in [4.69, 9.17) is 19.8 Å². The summed E-state index contributed by atoms with van der Waals surface area (Å²) in [5.74, 6) is -4.40. The zero-order valence-corrected chi connectivity index (χ0v) is 11.2. The third-order valence-corrected chi connectivity index (χ3v) is 3.05. The van der Waals surface area contributed by atoms with E-state index in [0.717, 1.165) is 5.92 Å². The second-order valence-electron chi connectivity index (χ2n) is 4.68. The van der Waals surface area contributed by atoms with Gasteiger partial charge in [-0.3, -0.25) is 0 Å². The van der Waals surface area contributed by atoms with E-state index in [0.29, 0.717) is 0 Å². The van der Waals surface area contributed by atoms with E-state index >= 15 is 0 Å². The van der Waals surface area contributed by atoms with Crippen LogP contribution < -0.4 is 0 Å². The first-order chi connectivity index (χ1) is 9.84. The largest absolute Gasteiger partial charge is 0.490 e. The molecule has 0 unspecified atom stereocenters. The summed E-state index contributed by atoms with van der Waals surface area (Å²) in [5, 5.41) is 14.2. The first-order valence-electron chi connectivity index (χ1n) is 6.16. The van der Waals surface area contributed by atoms with Crippen LogP contribution in [-0.2, 0) is 9.59 Å². The molecule has 3 aliphatic rings. The molecule has 0 aromatic rings. The molecular weight excluding hydrogens is 324 g/mol. The van der Waals surface area contributed by atoms with Crippen LogP contribution in [0.3, 0.4) is 0 Å². The molecule has 3 rings (SSSR count). The molecule has 2 bridgehead atoms. The first kappa shape index (κ1) is 20.5. The van der Waals surface area contributed by atoms with Crippen LogP contribution in [0.1, 0.15) is 19.3 Å². The van der Waals surface area contributed by atoms with Crippen molar-refractivity contribution in [3.05, 3.63) is 0 Å². The van der Waals surface area contributed by atoms with Gasteiger partial charge in [0.1, 0.15) is 0 Å². The van der Waals surface area contributed by atoms with Crippen molar-refractivity contribution in [2.75, 3.05) is 19.6 Å². The molecular formula is C11H15F6NO4. The van der Waals surface area contributed by atoms with Crippen molar-refractivity contribution >= 4 is 11.9 Å². The maximum Gasteiger partial charge on any atom is 0.490 e. The summed E-state index contributed by atoms with van der Waals surface area (Å²) in [6.45, 7) is 4.18. The maximum absolute atomic E-state index is 10.6. The fraction of sp³-hybridized carbons (Fsp3) is 0.818. The quantitative estimate of drug-likeness (QED) is 0.663. The molecule has 0 amide bonds. The van der Waals surface area contributed by atoms with Crippen LogP contribution in [0.2, 0.25) is 0 Å². The Morgan fingerprint density at radius 1 is 0.773 bits per heavy atom. The van der Waals surface area contributed by atoms with Crippen LogP contribution in [0, 0.1) is 5.92 Å². The lowest BCUT2D eigenvalue weighted by Gasteiger charge is -2.38. The summed E-state index contributed by atoms with van der Waals surface area (Å²) in [6.07, 6.45) is -5.71. The third kappa shape index (κ3) is 8.70. The van der Waals surface area contributed by atoms with Crippen molar-refractivity contribution in [3.63, 3.8) is 0 Å². The van der Waals surface area contributed by atoms with Crippen LogP contribution in [0.25, 0.3) is 0 Å². The van der Waals surface area contributed by atoms with Crippen LogP contribution >= 0.6 is 0 Å². The van der Waals surface area contributed by atoms with Crippen molar-refractivity contribution < 1.29 is 46.1 Å². The molecule has 3 aliphatic heterocycles. The highest BCUT2D eigenvalue weighted by atomic mass is 19.4. The van der Waals surface area contributed by atoms with Gasteiger partial charge >= 0.3 is 24.3 Å². The van der Waals surface area contributed by atoms with Crippen LogP contribution in [-0.4, -0.2) is 59.0 Å². The third-order valence-electron chi connectivity index (χ3n) is 3.05. The molecule has 3 saturated heterocycles. The van der Waals surface area contributed by atoms with Gasteiger partial charge in [-0.15, -0.1) is 0 Å². The number of alkyl halides is 6. The van der Waals surface area contributed by atoms with E-state index in [1.54, 1.807) is 0 Å². The van der Waals surface area contributed by atoms with Gasteiger partial charge in [-0.1, -0.05) is 0 Å². The van der Waals surface area contributed by atoms with E-state index < -0.39 is 24.3 Å². The zero-order chi connectivity index (χ0) is 17.6. The zero-order valence-electron chi connectivity index (χ0n) is 11.2. The Hall–Kier alpha value is -1.52. The number of hydrogen-bond acceptors (Lipinski definition) is 3. The van der Waals surface area contributed by atoms with E-state index in [9.17, 15) is 26.3 Å². The Morgan fingerprint density at radius 2 is 1.00 bits per heavy atom. The average molecular weight is 339 g/mol. The van der Waals surface area contributed by atoms with Crippen LogP contribution in [0.15, 0.2) is 0 Å².